The van der Waals surface area contributed by atoms with E-state index in [1.54, 1.807) is 0 Å². The van der Waals surface area contributed by atoms with Gasteiger partial charge in [-0.15, -0.1) is 0 Å². The molecule has 3 unspecified atom stereocenters. The number of rotatable bonds is 3. The quantitative estimate of drug-likeness (QED) is 0.769. The first-order valence-electron chi connectivity index (χ1n) is 6.63. The van der Waals surface area contributed by atoms with Gasteiger partial charge < -0.3 is 15.4 Å². The van der Waals surface area contributed by atoms with Crippen molar-refractivity contribution in [2.75, 3.05) is 13.1 Å². The predicted octanol–water partition coefficient (Wildman–Crippen LogP) is 2.00. The average molecular weight is 224 g/mol. The normalized spacial score (nSPS) is 34.8. The summed E-state index contributed by atoms with van der Waals surface area (Å²) in [5, 5.41) is 7.05. The van der Waals surface area contributed by atoms with Crippen LogP contribution in [0.2, 0.25) is 0 Å². The second-order valence-corrected chi connectivity index (χ2v) is 4.86. The summed E-state index contributed by atoms with van der Waals surface area (Å²) in [5.41, 5.74) is 1.32. The molecule has 0 aromatic heterocycles. The first-order valence-corrected chi connectivity index (χ1v) is 6.63. The zero-order chi connectivity index (χ0) is 11.5. The fourth-order valence-corrected chi connectivity index (χ4v) is 2.67. The maximum absolute atomic E-state index is 6.17. The highest BCUT2D eigenvalue weighted by Crippen LogP contribution is 2.31. The second-order valence-electron chi connectivity index (χ2n) is 4.86. The standard InChI is InChI=1S/C13H24N2O/c1-4-10-8-15-12(5-2)13(16-10)11-6-7-14-9(11)3/h9-11,14-15H,4-8H2,1-3H3. The second kappa shape index (κ2) is 5.09. The van der Waals surface area contributed by atoms with Gasteiger partial charge in [-0.05, 0) is 32.7 Å². The molecule has 0 bridgehead atoms. The van der Waals surface area contributed by atoms with Gasteiger partial charge in [-0.2, -0.15) is 0 Å². The van der Waals surface area contributed by atoms with Crippen molar-refractivity contribution in [2.24, 2.45) is 5.92 Å². The third-order valence-electron chi connectivity index (χ3n) is 3.81. The minimum Gasteiger partial charge on any atom is -0.491 e. The van der Waals surface area contributed by atoms with E-state index in [0.29, 0.717) is 18.1 Å². The van der Waals surface area contributed by atoms with Crippen molar-refractivity contribution >= 4 is 0 Å². The summed E-state index contributed by atoms with van der Waals surface area (Å²) >= 11 is 0. The molecule has 2 aliphatic rings. The molecule has 1 fully saturated rings. The van der Waals surface area contributed by atoms with Gasteiger partial charge in [0.15, 0.2) is 0 Å². The third-order valence-corrected chi connectivity index (χ3v) is 3.81. The first kappa shape index (κ1) is 11.8. The Morgan fingerprint density at radius 2 is 2.19 bits per heavy atom. The Labute approximate surface area is 98.6 Å². The largest absolute Gasteiger partial charge is 0.491 e. The van der Waals surface area contributed by atoms with Crippen LogP contribution in [0.15, 0.2) is 11.5 Å². The number of allylic oxidation sites excluding steroid dienone is 1. The highest BCUT2D eigenvalue weighted by molar-refractivity contribution is 5.16. The van der Waals surface area contributed by atoms with E-state index in [1.165, 1.54) is 17.9 Å². The van der Waals surface area contributed by atoms with Gasteiger partial charge in [-0.3, -0.25) is 0 Å². The lowest BCUT2D eigenvalue weighted by atomic mass is 9.96. The van der Waals surface area contributed by atoms with Gasteiger partial charge in [0.05, 0.1) is 6.54 Å². The van der Waals surface area contributed by atoms with Crippen LogP contribution in [-0.4, -0.2) is 25.2 Å². The molecule has 16 heavy (non-hydrogen) atoms. The number of nitrogens with one attached hydrogen (secondary N) is 2. The van der Waals surface area contributed by atoms with Crippen LogP contribution in [0.1, 0.15) is 40.0 Å². The monoisotopic (exact) mass is 224 g/mol. The first-order chi connectivity index (χ1) is 7.76. The Morgan fingerprint density at radius 3 is 2.75 bits per heavy atom. The highest BCUT2D eigenvalue weighted by atomic mass is 16.5. The van der Waals surface area contributed by atoms with Crippen LogP contribution < -0.4 is 10.6 Å². The molecule has 0 aliphatic carbocycles. The molecule has 1 saturated heterocycles. The molecule has 2 aliphatic heterocycles. The van der Waals surface area contributed by atoms with Gasteiger partial charge >= 0.3 is 0 Å². The molecule has 3 heteroatoms. The van der Waals surface area contributed by atoms with Crippen LogP contribution >= 0.6 is 0 Å². The van der Waals surface area contributed by atoms with E-state index in [9.17, 15) is 0 Å². The summed E-state index contributed by atoms with van der Waals surface area (Å²) in [4.78, 5) is 0. The molecular formula is C13H24N2O. The fourth-order valence-electron chi connectivity index (χ4n) is 2.67. The smallest absolute Gasteiger partial charge is 0.120 e. The van der Waals surface area contributed by atoms with Gasteiger partial charge in [0.1, 0.15) is 11.9 Å². The molecule has 3 nitrogen and oxygen atoms in total. The SMILES string of the molecule is CCC1=C(C2CCNC2C)OC(CC)CN1. The molecule has 92 valence electrons. The highest BCUT2D eigenvalue weighted by Gasteiger charge is 2.32. The molecule has 0 saturated carbocycles. The van der Waals surface area contributed by atoms with Crippen LogP contribution in [-0.2, 0) is 4.74 Å². The van der Waals surface area contributed by atoms with E-state index >= 15 is 0 Å². The molecule has 0 radical (unpaired) electrons. The minimum absolute atomic E-state index is 0.359. The summed E-state index contributed by atoms with van der Waals surface area (Å²) in [6.07, 6.45) is 3.70. The van der Waals surface area contributed by atoms with E-state index in [4.69, 9.17) is 4.74 Å². The Morgan fingerprint density at radius 1 is 1.38 bits per heavy atom. The van der Waals surface area contributed by atoms with Crippen LogP contribution in [0.5, 0.6) is 0 Å². The lowest BCUT2D eigenvalue weighted by Gasteiger charge is -2.33. The van der Waals surface area contributed by atoms with Gasteiger partial charge in [0, 0.05) is 17.7 Å². The molecule has 2 rings (SSSR count). The summed E-state index contributed by atoms with van der Waals surface area (Å²) in [6.45, 7) is 8.74. The van der Waals surface area contributed by atoms with Crippen molar-refractivity contribution in [2.45, 2.75) is 52.2 Å². The summed E-state index contributed by atoms with van der Waals surface area (Å²) in [6, 6.07) is 0.550. The molecule has 0 spiro atoms. The number of hydrogen-bond donors (Lipinski definition) is 2. The van der Waals surface area contributed by atoms with Crippen molar-refractivity contribution in [1.29, 1.82) is 0 Å². The van der Waals surface area contributed by atoms with Gasteiger partial charge in [-0.1, -0.05) is 13.8 Å². The lowest BCUT2D eigenvalue weighted by molar-refractivity contribution is 0.0681. The van der Waals surface area contributed by atoms with Crippen LogP contribution in [0, 0.1) is 5.92 Å². The van der Waals surface area contributed by atoms with Crippen molar-refractivity contribution in [3.05, 3.63) is 11.5 Å². The summed E-state index contributed by atoms with van der Waals surface area (Å²) < 4.78 is 6.17. The molecule has 2 heterocycles. The molecule has 0 aromatic rings. The van der Waals surface area contributed by atoms with Crippen molar-refractivity contribution in [3.63, 3.8) is 0 Å². The number of hydrogen-bond acceptors (Lipinski definition) is 3. The van der Waals surface area contributed by atoms with Crippen molar-refractivity contribution in [1.82, 2.24) is 10.6 Å². The van der Waals surface area contributed by atoms with Gasteiger partial charge in [0.25, 0.3) is 0 Å². The zero-order valence-corrected chi connectivity index (χ0v) is 10.7. The van der Waals surface area contributed by atoms with E-state index in [-0.39, 0.29) is 0 Å². The lowest BCUT2D eigenvalue weighted by Crippen LogP contribution is -2.38. The number of ether oxygens (including phenoxy) is 1. The van der Waals surface area contributed by atoms with Crippen LogP contribution in [0.4, 0.5) is 0 Å². The molecular weight excluding hydrogens is 200 g/mol. The zero-order valence-electron chi connectivity index (χ0n) is 10.7. The van der Waals surface area contributed by atoms with E-state index in [1.807, 2.05) is 0 Å². The van der Waals surface area contributed by atoms with Crippen molar-refractivity contribution < 1.29 is 4.74 Å². The topological polar surface area (TPSA) is 33.3 Å². The maximum atomic E-state index is 6.17. The van der Waals surface area contributed by atoms with Crippen LogP contribution in [0.3, 0.4) is 0 Å². The average Bonchev–Trinajstić information content (AvgIpc) is 2.74. The Kier molecular flexibility index (Phi) is 3.74. The predicted molar refractivity (Wildman–Crippen MR) is 66.1 cm³/mol. The Hall–Kier alpha value is -0.700. The molecule has 3 atom stereocenters. The summed E-state index contributed by atoms with van der Waals surface area (Å²) in [5.74, 6) is 1.80. The van der Waals surface area contributed by atoms with Crippen LogP contribution in [0.25, 0.3) is 0 Å². The van der Waals surface area contributed by atoms with E-state index in [2.05, 4.69) is 31.4 Å². The van der Waals surface area contributed by atoms with E-state index < -0.39 is 0 Å². The van der Waals surface area contributed by atoms with Crippen molar-refractivity contribution in [3.8, 4) is 0 Å². The molecule has 0 amide bonds. The molecule has 0 aromatic carbocycles. The maximum Gasteiger partial charge on any atom is 0.120 e. The van der Waals surface area contributed by atoms with Gasteiger partial charge in [0.2, 0.25) is 0 Å². The van der Waals surface area contributed by atoms with E-state index in [0.717, 1.165) is 25.9 Å². The minimum atomic E-state index is 0.359. The fraction of sp³-hybridized carbons (Fsp3) is 0.846. The van der Waals surface area contributed by atoms with Gasteiger partial charge in [-0.25, -0.2) is 0 Å². The Bertz CT molecular complexity index is 275. The Balaban J connectivity index is 2.16. The summed E-state index contributed by atoms with van der Waals surface area (Å²) in [7, 11) is 0. The third kappa shape index (κ3) is 2.19. The molecule has 2 N–H and O–H groups in total.